The summed E-state index contributed by atoms with van der Waals surface area (Å²) in [7, 11) is 0. The smallest absolute Gasteiger partial charge is 0.260 e. The molecular weight excluding hydrogens is 528 g/mol. The third-order valence-electron chi connectivity index (χ3n) is 6.76. The van der Waals surface area contributed by atoms with Crippen molar-refractivity contribution in [1.82, 2.24) is 19.7 Å². The van der Waals surface area contributed by atoms with Crippen LogP contribution in [0.3, 0.4) is 0 Å². The third kappa shape index (κ3) is 6.48. The van der Waals surface area contributed by atoms with Crippen LogP contribution in [0.1, 0.15) is 38.3 Å². The minimum Gasteiger partial charge on any atom is -0.484 e. The Morgan fingerprint density at radius 2 is 1.88 bits per heavy atom. The number of anilines is 2. The molecule has 10 nitrogen and oxygen atoms in total. The molecule has 0 bridgehead atoms. The molecule has 210 valence electrons. The van der Waals surface area contributed by atoms with Crippen LogP contribution in [0.5, 0.6) is 5.75 Å². The summed E-state index contributed by atoms with van der Waals surface area (Å²) < 4.78 is 12.9. The standard InChI is InChI=1S/C29H34N6O4S/c1-3-4-18-40-29-32-28-30-20(2)25(27(37)31-22-8-6-5-7-9-22)26(35(28)33-29)21-10-12-23(13-11-21)39-19-24(36)34-14-16-38-17-15-34/h5-13,26H,3-4,14-19H2,1-2H3,(H,31,37)(H,30,32,33). The van der Waals surface area contributed by atoms with Crippen LogP contribution >= 0.6 is 11.8 Å². The highest BCUT2D eigenvalue weighted by atomic mass is 32.2. The number of nitrogens with one attached hydrogen (secondary N) is 2. The minimum absolute atomic E-state index is 0.0397. The Labute approximate surface area is 238 Å². The number of amides is 2. The van der Waals surface area contributed by atoms with Crippen LogP contribution in [0, 0.1) is 0 Å². The van der Waals surface area contributed by atoms with E-state index in [9.17, 15) is 9.59 Å². The molecule has 1 fully saturated rings. The van der Waals surface area contributed by atoms with Gasteiger partial charge in [0.2, 0.25) is 11.1 Å². The molecule has 3 heterocycles. The summed E-state index contributed by atoms with van der Waals surface area (Å²) in [6, 6.07) is 16.3. The normalized spacial score (nSPS) is 16.8. The van der Waals surface area contributed by atoms with Crippen molar-refractivity contribution in [3.05, 3.63) is 71.4 Å². The second-order valence-electron chi connectivity index (χ2n) is 9.60. The molecule has 1 unspecified atom stereocenters. The lowest BCUT2D eigenvalue weighted by Gasteiger charge is -2.29. The fraction of sp³-hybridized carbons (Fsp3) is 0.379. The van der Waals surface area contributed by atoms with Gasteiger partial charge in [0, 0.05) is 30.2 Å². The van der Waals surface area contributed by atoms with Gasteiger partial charge in [0.15, 0.2) is 6.61 Å². The predicted octanol–water partition coefficient (Wildman–Crippen LogP) is 4.34. The molecule has 2 aromatic carbocycles. The third-order valence-corrected chi connectivity index (χ3v) is 7.68. The largest absolute Gasteiger partial charge is 0.484 e. The second kappa shape index (κ2) is 13.0. The Morgan fingerprint density at radius 1 is 1.12 bits per heavy atom. The summed E-state index contributed by atoms with van der Waals surface area (Å²) in [6.45, 7) is 6.25. The lowest BCUT2D eigenvalue weighted by Crippen LogP contribution is -2.42. The molecule has 2 aliphatic rings. The quantitative estimate of drug-likeness (QED) is 0.278. The number of carbonyl (C=O) groups excluding carboxylic acids is 2. The SMILES string of the molecule is CCCCSc1nc2n(n1)C(c1ccc(OCC(=O)N3CCOCC3)cc1)C(C(=O)Nc1ccccc1)=C(C)N2. The van der Waals surface area contributed by atoms with E-state index in [1.807, 2.05) is 61.5 Å². The van der Waals surface area contributed by atoms with Gasteiger partial charge in [0.05, 0.1) is 18.8 Å². The number of para-hydroxylation sites is 1. The van der Waals surface area contributed by atoms with Crippen LogP contribution < -0.4 is 15.4 Å². The number of carbonyl (C=O) groups is 2. The molecule has 1 saturated heterocycles. The number of morpholine rings is 1. The number of aromatic nitrogens is 3. The van der Waals surface area contributed by atoms with Crippen molar-refractivity contribution in [2.45, 2.75) is 37.9 Å². The van der Waals surface area contributed by atoms with Gasteiger partial charge in [-0.25, -0.2) is 4.68 Å². The maximum Gasteiger partial charge on any atom is 0.260 e. The number of fused-ring (bicyclic) bond motifs is 1. The van der Waals surface area contributed by atoms with E-state index in [0.717, 1.165) is 24.2 Å². The van der Waals surface area contributed by atoms with Crippen LogP contribution in [0.25, 0.3) is 0 Å². The van der Waals surface area contributed by atoms with Crippen molar-refractivity contribution in [3.8, 4) is 5.75 Å². The van der Waals surface area contributed by atoms with Gasteiger partial charge in [-0.3, -0.25) is 9.59 Å². The first-order chi connectivity index (χ1) is 19.5. The van der Waals surface area contributed by atoms with E-state index in [1.165, 1.54) is 0 Å². The Hall–Kier alpha value is -3.83. The Balaban J connectivity index is 1.39. The molecule has 2 N–H and O–H groups in total. The van der Waals surface area contributed by atoms with E-state index in [-0.39, 0.29) is 18.4 Å². The summed E-state index contributed by atoms with van der Waals surface area (Å²) in [6.07, 6.45) is 2.17. The van der Waals surface area contributed by atoms with Crippen molar-refractivity contribution in [1.29, 1.82) is 0 Å². The highest BCUT2D eigenvalue weighted by Crippen LogP contribution is 2.37. The lowest BCUT2D eigenvalue weighted by molar-refractivity contribution is -0.137. The molecule has 0 radical (unpaired) electrons. The number of thioether (sulfide) groups is 1. The Kier molecular flexibility index (Phi) is 9.02. The van der Waals surface area contributed by atoms with Gasteiger partial charge in [-0.1, -0.05) is 55.4 Å². The van der Waals surface area contributed by atoms with E-state index in [2.05, 4.69) is 17.6 Å². The molecule has 11 heteroatoms. The zero-order chi connectivity index (χ0) is 27.9. The second-order valence-corrected chi connectivity index (χ2v) is 10.7. The van der Waals surface area contributed by atoms with Gasteiger partial charge in [-0.15, -0.1) is 5.10 Å². The molecule has 1 aromatic heterocycles. The maximum absolute atomic E-state index is 13.6. The number of hydrogen-bond acceptors (Lipinski definition) is 8. The first-order valence-corrected chi connectivity index (χ1v) is 14.5. The van der Waals surface area contributed by atoms with Gasteiger partial charge >= 0.3 is 0 Å². The molecule has 0 spiro atoms. The maximum atomic E-state index is 13.6. The van der Waals surface area contributed by atoms with Crippen molar-refractivity contribution in [2.75, 3.05) is 49.3 Å². The number of unbranched alkanes of at least 4 members (excludes halogenated alkanes) is 1. The molecule has 2 aliphatic heterocycles. The summed E-state index contributed by atoms with van der Waals surface area (Å²) in [5.41, 5.74) is 2.81. The van der Waals surface area contributed by atoms with Crippen molar-refractivity contribution >= 4 is 35.2 Å². The van der Waals surface area contributed by atoms with Gasteiger partial charge < -0.3 is 25.0 Å². The number of ether oxygens (including phenoxy) is 2. The van der Waals surface area contributed by atoms with Gasteiger partial charge in [-0.05, 0) is 43.2 Å². The van der Waals surface area contributed by atoms with Gasteiger partial charge in [0.1, 0.15) is 11.8 Å². The van der Waals surface area contributed by atoms with Crippen molar-refractivity contribution < 1.29 is 19.1 Å². The van der Waals surface area contributed by atoms with Gasteiger partial charge in [0.25, 0.3) is 11.8 Å². The zero-order valence-electron chi connectivity index (χ0n) is 22.8. The fourth-order valence-corrected chi connectivity index (χ4v) is 5.53. The zero-order valence-corrected chi connectivity index (χ0v) is 23.6. The van der Waals surface area contributed by atoms with Crippen molar-refractivity contribution in [2.24, 2.45) is 0 Å². The predicted molar refractivity (Wildman–Crippen MR) is 155 cm³/mol. The van der Waals surface area contributed by atoms with E-state index in [4.69, 9.17) is 19.6 Å². The highest BCUT2D eigenvalue weighted by Gasteiger charge is 2.34. The van der Waals surface area contributed by atoms with Crippen LogP contribution in [0.15, 0.2) is 71.0 Å². The Bertz CT molecular complexity index is 1350. The molecule has 40 heavy (non-hydrogen) atoms. The molecule has 0 aliphatic carbocycles. The topological polar surface area (TPSA) is 111 Å². The van der Waals surface area contributed by atoms with E-state index in [1.54, 1.807) is 21.3 Å². The number of nitrogens with zero attached hydrogens (tertiary/aromatic N) is 4. The fourth-order valence-electron chi connectivity index (χ4n) is 4.62. The van der Waals surface area contributed by atoms with E-state index in [0.29, 0.717) is 60.1 Å². The van der Waals surface area contributed by atoms with E-state index >= 15 is 0 Å². The van der Waals surface area contributed by atoms with Gasteiger partial charge in [-0.2, -0.15) is 4.98 Å². The molecule has 3 aromatic rings. The van der Waals surface area contributed by atoms with Crippen LogP contribution in [0.2, 0.25) is 0 Å². The van der Waals surface area contributed by atoms with Crippen LogP contribution in [-0.2, 0) is 14.3 Å². The number of benzene rings is 2. The molecule has 5 rings (SSSR count). The van der Waals surface area contributed by atoms with E-state index < -0.39 is 6.04 Å². The molecule has 2 amide bonds. The Morgan fingerprint density at radius 3 is 2.60 bits per heavy atom. The molecule has 1 atom stereocenters. The number of allylic oxidation sites excluding steroid dienone is 1. The average Bonchev–Trinajstić information content (AvgIpc) is 3.38. The number of rotatable bonds is 10. The minimum atomic E-state index is -0.503. The lowest BCUT2D eigenvalue weighted by atomic mass is 9.95. The monoisotopic (exact) mass is 562 g/mol. The first-order valence-electron chi connectivity index (χ1n) is 13.5. The molecular formula is C29H34N6O4S. The summed E-state index contributed by atoms with van der Waals surface area (Å²) >= 11 is 1.61. The summed E-state index contributed by atoms with van der Waals surface area (Å²) in [5.74, 6) is 1.80. The first kappa shape index (κ1) is 27.7. The summed E-state index contributed by atoms with van der Waals surface area (Å²) in [5, 5.41) is 11.8. The van der Waals surface area contributed by atoms with Crippen LogP contribution in [0.4, 0.5) is 11.6 Å². The van der Waals surface area contributed by atoms with Crippen molar-refractivity contribution in [3.63, 3.8) is 0 Å². The van der Waals surface area contributed by atoms with Crippen LogP contribution in [-0.4, -0.2) is 70.1 Å². The number of hydrogen-bond donors (Lipinski definition) is 2. The molecule has 0 saturated carbocycles. The average molecular weight is 563 g/mol. The highest BCUT2D eigenvalue weighted by molar-refractivity contribution is 7.99. The summed E-state index contributed by atoms with van der Waals surface area (Å²) in [4.78, 5) is 32.6.